The third-order valence-corrected chi connectivity index (χ3v) is 3.68. The predicted molar refractivity (Wildman–Crippen MR) is 66.6 cm³/mol. The summed E-state index contributed by atoms with van der Waals surface area (Å²) in [7, 11) is 0. The molecule has 1 aromatic carbocycles. The number of aliphatic hydroxyl groups is 1. The van der Waals surface area contributed by atoms with Crippen molar-refractivity contribution in [3.63, 3.8) is 0 Å². The smallest absolute Gasteiger partial charge is 0.219 e. The standard InChI is InChI=1S/C14H19NO2/c1-11-5-3-4-6-13(11)14(17)7-9-15(10-8-14)12(2)16/h3-6,17H,7-10H2,1-2H3. The Morgan fingerprint density at radius 1 is 1.29 bits per heavy atom. The van der Waals surface area contributed by atoms with Crippen LogP contribution in [0.3, 0.4) is 0 Å². The van der Waals surface area contributed by atoms with Crippen molar-refractivity contribution < 1.29 is 9.90 Å². The molecule has 0 atom stereocenters. The minimum atomic E-state index is -0.767. The maximum Gasteiger partial charge on any atom is 0.219 e. The first kappa shape index (κ1) is 12.1. The first-order valence-electron chi connectivity index (χ1n) is 6.07. The highest BCUT2D eigenvalue weighted by Gasteiger charge is 2.35. The fraction of sp³-hybridized carbons (Fsp3) is 0.500. The van der Waals surface area contributed by atoms with E-state index in [1.54, 1.807) is 11.8 Å². The predicted octanol–water partition coefficient (Wildman–Crippen LogP) is 1.82. The second-order valence-electron chi connectivity index (χ2n) is 4.85. The first-order chi connectivity index (χ1) is 8.03. The average molecular weight is 233 g/mol. The zero-order valence-corrected chi connectivity index (χ0v) is 10.4. The largest absolute Gasteiger partial charge is 0.385 e. The number of carbonyl (C=O) groups excluding carboxylic acids is 1. The van der Waals surface area contributed by atoms with Gasteiger partial charge in [-0.2, -0.15) is 0 Å². The summed E-state index contributed by atoms with van der Waals surface area (Å²) in [4.78, 5) is 13.1. The van der Waals surface area contributed by atoms with Crippen molar-refractivity contribution in [3.05, 3.63) is 35.4 Å². The first-order valence-corrected chi connectivity index (χ1v) is 6.07. The minimum Gasteiger partial charge on any atom is -0.385 e. The van der Waals surface area contributed by atoms with E-state index in [-0.39, 0.29) is 5.91 Å². The van der Waals surface area contributed by atoms with Crippen molar-refractivity contribution >= 4 is 5.91 Å². The van der Waals surface area contributed by atoms with Gasteiger partial charge in [-0.15, -0.1) is 0 Å². The van der Waals surface area contributed by atoms with Crippen LogP contribution >= 0.6 is 0 Å². The third kappa shape index (κ3) is 2.34. The van der Waals surface area contributed by atoms with Crippen LogP contribution in [0.5, 0.6) is 0 Å². The molecule has 1 saturated heterocycles. The van der Waals surface area contributed by atoms with Gasteiger partial charge < -0.3 is 10.0 Å². The van der Waals surface area contributed by atoms with Crippen LogP contribution in [0.1, 0.15) is 30.9 Å². The van der Waals surface area contributed by atoms with Gasteiger partial charge >= 0.3 is 0 Å². The van der Waals surface area contributed by atoms with E-state index in [2.05, 4.69) is 0 Å². The molecule has 1 aliphatic heterocycles. The summed E-state index contributed by atoms with van der Waals surface area (Å²) in [5, 5.41) is 10.7. The number of aryl methyl sites for hydroxylation is 1. The highest BCUT2D eigenvalue weighted by molar-refractivity contribution is 5.73. The summed E-state index contributed by atoms with van der Waals surface area (Å²) in [6.07, 6.45) is 1.24. The molecule has 0 saturated carbocycles. The Morgan fingerprint density at radius 3 is 2.41 bits per heavy atom. The molecule has 1 aromatic rings. The summed E-state index contributed by atoms with van der Waals surface area (Å²) in [6.45, 7) is 4.88. The molecule has 0 bridgehead atoms. The Bertz CT molecular complexity index is 420. The van der Waals surface area contributed by atoms with E-state index >= 15 is 0 Å². The van der Waals surface area contributed by atoms with E-state index in [1.165, 1.54) is 0 Å². The van der Waals surface area contributed by atoms with Crippen LogP contribution in [0.2, 0.25) is 0 Å². The van der Waals surface area contributed by atoms with Crippen molar-refractivity contribution in [2.75, 3.05) is 13.1 Å². The number of amides is 1. The molecule has 3 nitrogen and oxygen atoms in total. The summed E-state index contributed by atoms with van der Waals surface area (Å²) in [5.74, 6) is 0.0943. The quantitative estimate of drug-likeness (QED) is 0.804. The molecule has 1 heterocycles. The normalized spacial score (nSPS) is 19.1. The van der Waals surface area contributed by atoms with Crippen LogP contribution in [0.25, 0.3) is 0 Å². The van der Waals surface area contributed by atoms with Crippen LogP contribution < -0.4 is 0 Å². The van der Waals surface area contributed by atoms with Gasteiger partial charge in [-0.25, -0.2) is 0 Å². The van der Waals surface area contributed by atoms with E-state index in [0.29, 0.717) is 25.9 Å². The monoisotopic (exact) mass is 233 g/mol. The van der Waals surface area contributed by atoms with Crippen molar-refractivity contribution in [2.24, 2.45) is 0 Å². The van der Waals surface area contributed by atoms with Gasteiger partial charge in [0.05, 0.1) is 5.60 Å². The Balaban J connectivity index is 2.18. The summed E-state index contributed by atoms with van der Waals surface area (Å²) in [5.41, 5.74) is 1.35. The highest BCUT2D eigenvalue weighted by Crippen LogP contribution is 2.34. The summed E-state index contributed by atoms with van der Waals surface area (Å²) < 4.78 is 0. The SMILES string of the molecule is CC(=O)N1CCC(O)(c2ccccc2C)CC1. The lowest BCUT2D eigenvalue weighted by Gasteiger charge is -2.38. The second kappa shape index (κ2) is 4.49. The Kier molecular flexibility index (Phi) is 3.20. The number of nitrogens with zero attached hydrogens (tertiary/aromatic N) is 1. The number of carbonyl (C=O) groups is 1. The highest BCUT2D eigenvalue weighted by atomic mass is 16.3. The molecule has 1 aliphatic rings. The van der Waals surface area contributed by atoms with Crippen LogP contribution in [0.4, 0.5) is 0 Å². The molecule has 0 aliphatic carbocycles. The fourth-order valence-corrected chi connectivity index (χ4v) is 2.56. The van der Waals surface area contributed by atoms with Gasteiger partial charge in [-0.1, -0.05) is 24.3 Å². The molecule has 1 fully saturated rings. The van der Waals surface area contributed by atoms with Crippen LogP contribution in [-0.4, -0.2) is 29.0 Å². The topological polar surface area (TPSA) is 40.5 Å². The third-order valence-electron chi connectivity index (χ3n) is 3.68. The van der Waals surface area contributed by atoms with Gasteiger partial charge in [-0.05, 0) is 30.9 Å². The number of benzene rings is 1. The van der Waals surface area contributed by atoms with E-state index in [9.17, 15) is 9.90 Å². The number of piperidine rings is 1. The molecule has 17 heavy (non-hydrogen) atoms. The Morgan fingerprint density at radius 2 is 1.88 bits per heavy atom. The molecular weight excluding hydrogens is 214 g/mol. The Labute approximate surface area is 102 Å². The summed E-state index contributed by atoms with van der Waals surface area (Å²) in [6, 6.07) is 7.94. The van der Waals surface area contributed by atoms with Crippen LogP contribution in [0, 0.1) is 6.92 Å². The molecule has 2 rings (SSSR count). The number of rotatable bonds is 1. The molecular formula is C14H19NO2. The van der Waals surface area contributed by atoms with Gasteiger partial charge in [0.1, 0.15) is 0 Å². The van der Waals surface area contributed by atoms with Crippen LogP contribution in [-0.2, 0) is 10.4 Å². The minimum absolute atomic E-state index is 0.0943. The Hall–Kier alpha value is -1.35. The van der Waals surface area contributed by atoms with Gasteiger partial charge in [0.25, 0.3) is 0 Å². The fourth-order valence-electron chi connectivity index (χ4n) is 2.56. The molecule has 0 spiro atoms. The van der Waals surface area contributed by atoms with Gasteiger partial charge in [-0.3, -0.25) is 4.79 Å². The van der Waals surface area contributed by atoms with Crippen molar-refractivity contribution in [3.8, 4) is 0 Å². The molecule has 0 unspecified atom stereocenters. The van der Waals surface area contributed by atoms with E-state index in [1.807, 2.05) is 31.2 Å². The molecule has 1 amide bonds. The second-order valence-corrected chi connectivity index (χ2v) is 4.85. The van der Waals surface area contributed by atoms with Crippen molar-refractivity contribution in [1.29, 1.82) is 0 Å². The van der Waals surface area contributed by atoms with Crippen molar-refractivity contribution in [2.45, 2.75) is 32.3 Å². The maximum absolute atomic E-state index is 11.3. The zero-order valence-electron chi connectivity index (χ0n) is 10.4. The molecule has 1 N–H and O–H groups in total. The summed E-state index contributed by atoms with van der Waals surface area (Å²) >= 11 is 0. The average Bonchev–Trinajstić information content (AvgIpc) is 2.30. The molecule has 3 heteroatoms. The van der Waals surface area contributed by atoms with Gasteiger partial charge in [0.2, 0.25) is 5.91 Å². The van der Waals surface area contributed by atoms with E-state index < -0.39 is 5.60 Å². The lowest BCUT2D eigenvalue weighted by Crippen LogP contribution is -2.44. The van der Waals surface area contributed by atoms with E-state index in [4.69, 9.17) is 0 Å². The molecule has 0 aromatic heterocycles. The van der Waals surface area contributed by atoms with E-state index in [0.717, 1.165) is 11.1 Å². The van der Waals surface area contributed by atoms with Crippen molar-refractivity contribution in [1.82, 2.24) is 4.90 Å². The number of likely N-dealkylation sites (tertiary alicyclic amines) is 1. The lowest BCUT2D eigenvalue weighted by atomic mass is 9.82. The van der Waals surface area contributed by atoms with Gasteiger partial charge in [0.15, 0.2) is 0 Å². The van der Waals surface area contributed by atoms with Gasteiger partial charge in [0, 0.05) is 20.0 Å². The number of hydrogen-bond donors (Lipinski definition) is 1. The zero-order chi connectivity index (χ0) is 12.5. The lowest BCUT2D eigenvalue weighted by molar-refractivity contribution is -0.133. The molecule has 0 radical (unpaired) electrons. The van der Waals surface area contributed by atoms with Crippen LogP contribution in [0.15, 0.2) is 24.3 Å². The maximum atomic E-state index is 11.3. The molecule has 92 valence electrons. The number of hydrogen-bond acceptors (Lipinski definition) is 2.